The monoisotopic (exact) mass is 528 g/mol. The number of carbonyl (C=O) groups excluding carboxylic acids is 3. The summed E-state index contributed by atoms with van der Waals surface area (Å²) >= 11 is 1.05. The van der Waals surface area contributed by atoms with E-state index in [0.717, 1.165) is 16.9 Å². The van der Waals surface area contributed by atoms with Crippen molar-refractivity contribution < 1.29 is 34.1 Å². The first-order valence-corrected chi connectivity index (χ1v) is 12.1. The lowest BCUT2D eigenvalue weighted by atomic mass is 10.0. The number of thiazole rings is 1. The third-order valence-corrected chi connectivity index (χ3v) is 5.98. The van der Waals surface area contributed by atoms with Crippen LogP contribution in [0.2, 0.25) is 0 Å². The third-order valence-electron chi connectivity index (χ3n) is 5.22. The average Bonchev–Trinajstić information content (AvgIpc) is 3.39. The minimum absolute atomic E-state index is 0.0618. The van der Waals surface area contributed by atoms with Crippen LogP contribution in [0.1, 0.15) is 27.7 Å². The van der Waals surface area contributed by atoms with E-state index in [1.165, 1.54) is 12.5 Å². The van der Waals surface area contributed by atoms with Crippen LogP contribution in [0.4, 0.5) is 5.13 Å². The highest BCUT2D eigenvalue weighted by Gasteiger charge is 2.26. The molecule has 0 fully saturated rings. The van der Waals surface area contributed by atoms with Gasteiger partial charge in [-0.05, 0) is 23.3 Å². The molecule has 1 aromatic heterocycles. The molecule has 0 spiro atoms. The van der Waals surface area contributed by atoms with Crippen LogP contribution in [0.15, 0.2) is 60.0 Å². The second-order valence-corrected chi connectivity index (χ2v) is 8.82. The zero-order valence-corrected chi connectivity index (χ0v) is 20.8. The van der Waals surface area contributed by atoms with Gasteiger partial charge in [-0.25, -0.2) is 9.78 Å². The Morgan fingerprint density at radius 3 is 2.43 bits per heavy atom. The van der Waals surface area contributed by atoms with Crippen molar-refractivity contribution in [2.45, 2.75) is 24.6 Å². The van der Waals surface area contributed by atoms with E-state index in [-0.39, 0.29) is 23.9 Å². The fraction of sp³-hybridized carbons (Fsp3) is 0.280. The van der Waals surface area contributed by atoms with E-state index in [2.05, 4.69) is 20.4 Å². The van der Waals surface area contributed by atoms with Crippen LogP contribution in [-0.4, -0.2) is 65.5 Å². The number of anilines is 1. The summed E-state index contributed by atoms with van der Waals surface area (Å²) in [5.74, 6) is -1.30. The largest absolute Gasteiger partial charge is 0.491 e. The maximum atomic E-state index is 13.1. The molecule has 0 bridgehead atoms. The molecule has 0 aliphatic rings. The number of nitrogens with one attached hydrogen (secondary N) is 2. The van der Waals surface area contributed by atoms with Gasteiger partial charge in [-0.2, -0.15) is 0 Å². The Morgan fingerprint density at radius 2 is 1.78 bits per heavy atom. The van der Waals surface area contributed by atoms with Crippen LogP contribution in [0.3, 0.4) is 0 Å². The number of esters is 1. The summed E-state index contributed by atoms with van der Waals surface area (Å²) in [5.41, 5.74) is 7.52. The van der Waals surface area contributed by atoms with E-state index < -0.39 is 42.6 Å². The van der Waals surface area contributed by atoms with Gasteiger partial charge in [0.15, 0.2) is 10.8 Å². The van der Waals surface area contributed by atoms with Crippen molar-refractivity contribution in [3.05, 3.63) is 76.8 Å². The fourth-order valence-electron chi connectivity index (χ4n) is 3.21. The Balaban J connectivity index is 1.69. The molecule has 3 rings (SSSR count). The molecule has 0 radical (unpaired) electrons. The number of hydrogen-bond acceptors (Lipinski definition) is 10. The summed E-state index contributed by atoms with van der Waals surface area (Å²) in [5, 5.41) is 25.2. The number of nitrogens with two attached hydrogens (primary N) is 1. The first-order chi connectivity index (χ1) is 17.8. The highest BCUT2D eigenvalue weighted by atomic mass is 32.1. The summed E-state index contributed by atoms with van der Waals surface area (Å²) in [6, 6.07) is 13.5. The van der Waals surface area contributed by atoms with Crippen LogP contribution in [0.5, 0.6) is 5.75 Å². The van der Waals surface area contributed by atoms with Crippen molar-refractivity contribution in [3.8, 4) is 5.75 Å². The van der Waals surface area contributed by atoms with E-state index >= 15 is 0 Å². The van der Waals surface area contributed by atoms with E-state index in [0.29, 0.717) is 11.3 Å². The smallest absolute Gasteiger partial charge is 0.357 e. The van der Waals surface area contributed by atoms with Crippen LogP contribution in [-0.2, 0) is 20.7 Å². The molecule has 12 heteroatoms. The van der Waals surface area contributed by atoms with Crippen LogP contribution < -0.4 is 21.1 Å². The molecule has 3 atom stereocenters. The molecule has 0 aliphatic carbocycles. The van der Waals surface area contributed by atoms with E-state index in [4.69, 9.17) is 15.6 Å². The summed E-state index contributed by atoms with van der Waals surface area (Å²) in [7, 11) is 1.23. The fourth-order valence-corrected chi connectivity index (χ4v) is 3.89. The quantitative estimate of drug-likeness (QED) is 0.215. The molecular formula is C25H28N4O7S. The van der Waals surface area contributed by atoms with Crippen molar-refractivity contribution in [2.24, 2.45) is 5.73 Å². The van der Waals surface area contributed by atoms with Crippen molar-refractivity contribution in [3.63, 3.8) is 0 Å². The van der Waals surface area contributed by atoms with Crippen LogP contribution >= 0.6 is 11.3 Å². The number of aromatic nitrogens is 1. The second-order valence-electron chi connectivity index (χ2n) is 7.96. The standard InChI is InChI=1S/C25H28N4O7S/c1-35-24(34)20-14-37-25(28-20)29-22(32)19(11-15-5-3-2-4-6-15)27-23(33)21(26)16-7-9-18(10-8-16)36-13-17(31)12-30/h2-10,14,17,19,21,30-31H,11-13,26H2,1H3,(H,27,33)(H,28,29,32). The number of rotatable bonds is 12. The maximum absolute atomic E-state index is 13.1. The SMILES string of the molecule is COC(=O)c1csc(NC(=O)C(Cc2ccccc2)NC(=O)C(N)c2ccc(OCC(O)CO)cc2)n1. The Bertz CT molecular complexity index is 1190. The number of aliphatic hydroxyl groups excluding tert-OH is 2. The highest BCUT2D eigenvalue weighted by molar-refractivity contribution is 7.14. The van der Waals surface area contributed by atoms with Gasteiger partial charge in [-0.15, -0.1) is 11.3 Å². The number of aliphatic hydroxyl groups is 2. The van der Waals surface area contributed by atoms with Crippen molar-refractivity contribution in [2.75, 3.05) is 25.6 Å². The molecule has 3 aromatic rings. The zero-order valence-electron chi connectivity index (χ0n) is 20.0. The Kier molecular flexibility index (Phi) is 10.1. The molecule has 2 amide bonds. The molecule has 196 valence electrons. The number of ether oxygens (including phenoxy) is 2. The minimum atomic E-state index is -1.08. The molecule has 11 nitrogen and oxygen atoms in total. The lowest BCUT2D eigenvalue weighted by molar-refractivity contribution is -0.127. The van der Waals surface area contributed by atoms with Crippen molar-refractivity contribution in [1.82, 2.24) is 10.3 Å². The lowest BCUT2D eigenvalue weighted by Crippen LogP contribution is -2.48. The number of amides is 2. The van der Waals surface area contributed by atoms with Gasteiger partial charge in [0, 0.05) is 11.8 Å². The number of hydrogen-bond donors (Lipinski definition) is 5. The van der Waals surface area contributed by atoms with Gasteiger partial charge in [-0.1, -0.05) is 42.5 Å². The first-order valence-electron chi connectivity index (χ1n) is 11.3. The van der Waals surface area contributed by atoms with Gasteiger partial charge in [-0.3, -0.25) is 9.59 Å². The van der Waals surface area contributed by atoms with Crippen molar-refractivity contribution in [1.29, 1.82) is 0 Å². The van der Waals surface area contributed by atoms with Gasteiger partial charge in [0.1, 0.15) is 30.5 Å². The Labute approximate surface area is 217 Å². The number of nitrogens with zero attached hydrogens (tertiary/aromatic N) is 1. The highest BCUT2D eigenvalue weighted by Crippen LogP contribution is 2.19. The predicted molar refractivity (Wildman–Crippen MR) is 136 cm³/mol. The molecule has 1 heterocycles. The van der Waals surface area contributed by atoms with Crippen LogP contribution in [0.25, 0.3) is 0 Å². The molecule has 3 unspecified atom stereocenters. The third kappa shape index (κ3) is 8.08. The average molecular weight is 529 g/mol. The van der Waals surface area contributed by atoms with Gasteiger partial charge < -0.3 is 36.1 Å². The van der Waals surface area contributed by atoms with Gasteiger partial charge in [0.05, 0.1) is 13.7 Å². The van der Waals surface area contributed by atoms with E-state index in [1.807, 2.05) is 30.3 Å². The van der Waals surface area contributed by atoms with Crippen molar-refractivity contribution >= 4 is 34.3 Å². The summed E-state index contributed by atoms with van der Waals surface area (Å²) in [4.78, 5) is 41.8. The van der Waals surface area contributed by atoms with E-state index in [9.17, 15) is 19.5 Å². The van der Waals surface area contributed by atoms with Crippen LogP contribution in [0, 0.1) is 0 Å². The minimum Gasteiger partial charge on any atom is -0.491 e. The molecule has 0 aliphatic heterocycles. The molecule has 6 N–H and O–H groups in total. The number of benzene rings is 2. The molecule has 2 aromatic carbocycles. The molecule has 37 heavy (non-hydrogen) atoms. The maximum Gasteiger partial charge on any atom is 0.357 e. The summed E-state index contributed by atoms with van der Waals surface area (Å²) in [6.07, 6.45) is -0.808. The summed E-state index contributed by atoms with van der Waals surface area (Å²) in [6.45, 7) is -0.505. The topological polar surface area (TPSA) is 173 Å². The normalized spacial score (nSPS) is 13.2. The lowest BCUT2D eigenvalue weighted by Gasteiger charge is -2.21. The Hall–Kier alpha value is -3.84. The number of carbonyl (C=O) groups is 3. The number of methoxy groups -OCH3 is 1. The van der Waals surface area contributed by atoms with Gasteiger partial charge in [0.2, 0.25) is 11.8 Å². The predicted octanol–water partition coefficient (Wildman–Crippen LogP) is 1.03. The van der Waals surface area contributed by atoms with Gasteiger partial charge >= 0.3 is 5.97 Å². The molecule has 0 saturated heterocycles. The molecular weight excluding hydrogens is 500 g/mol. The first kappa shape index (κ1) is 27.7. The zero-order chi connectivity index (χ0) is 26.8. The summed E-state index contributed by atoms with van der Waals surface area (Å²) < 4.78 is 9.99. The second kappa shape index (κ2) is 13.5. The van der Waals surface area contributed by atoms with E-state index in [1.54, 1.807) is 24.3 Å². The van der Waals surface area contributed by atoms with Gasteiger partial charge in [0.25, 0.3) is 0 Å². The molecule has 0 saturated carbocycles. The Morgan fingerprint density at radius 1 is 1.08 bits per heavy atom.